The Labute approximate surface area is 151 Å². The highest BCUT2D eigenvalue weighted by Gasteiger charge is 2.34. The molecule has 0 saturated carbocycles. The first-order valence-corrected chi connectivity index (χ1v) is 9.09. The second-order valence-corrected chi connectivity index (χ2v) is 8.10. The van der Waals surface area contributed by atoms with Gasteiger partial charge in [-0.15, -0.1) is 0 Å². The van der Waals surface area contributed by atoms with E-state index in [1.54, 1.807) is 7.11 Å². The minimum Gasteiger partial charge on any atom is -0.497 e. The lowest BCUT2D eigenvalue weighted by molar-refractivity contribution is -0.135. The highest BCUT2D eigenvalue weighted by molar-refractivity contribution is 5.83. The van der Waals surface area contributed by atoms with Crippen LogP contribution in [0.2, 0.25) is 0 Å². The molecule has 0 spiro atoms. The molecule has 2 atom stereocenters. The summed E-state index contributed by atoms with van der Waals surface area (Å²) < 4.78 is 5.22. The van der Waals surface area contributed by atoms with Crippen molar-refractivity contribution in [2.45, 2.75) is 58.7 Å². The third-order valence-corrected chi connectivity index (χ3v) is 4.65. The Morgan fingerprint density at radius 2 is 1.96 bits per heavy atom. The van der Waals surface area contributed by atoms with Crippen LogP contribution in [0.25, 0.3) is 0 Å². The first-order valence-electron chi connectivity index (χ1n) is 9.09. The van der Waals surface area contributed by atoms with Gasteiger partial charge in [-0.2, -0.15) is 0 Å². The zero-order chi connectivity index (χ0) is 18.6. The maximum absolute atomic E-state index is 13.3. The van der Waals surface area contributed by atoms with Crippen LogP contribution in [-0.2, 0) is 4.79 Å². The molecule has 0 aliphatic carbocycles. The molecule has 5 nitrogen and oxygen atoms in total. The number of nitrogens with zero attached hydrogens (tertiary/aromatic N) is 1. The number of amides is 1. The molecule has 0 aromatic heterocycles. The zero-order valence-corrected chi connectivity index (χ0v) is 16.1. The molecule has 2 N–H and O–H groups in total. The van der Waals surface area contributed by atoms with Crippen molar-refractivity contribution in [1.82, 2.24) is 10.2 Å². The Kier molecular flexibility index (Phi) is 6.47. The lowest BCUT2D eigenvalue weighted by atomic mass is 9.87. The summed E-state index contributed by atoms with van der Waals surface area (Å²) in [5.74, 6) is 0.847. The molecule has 1 aromatic rings. The summed E-state index contributed by atoms with van der Waals surface area (Å²) >= 11 is 0. The van der Waals surface area contributed by atoms with E-state index in [1.165, 1.54) is 0 Å². The summed E-state index contributed by atoms with van der Waals surface area (Å²) in [4.78, 5) is 15.2. The summed E-state index contributed by atoms with van der Waals surface area (Å²) in [7, 11) is 1.63. The summed E-state index contributed by atoms with van der Waals surface area (Å²) in [6.45, 7) is 9.56. The van der Waals surface area contributed by atoms with Crippen LogP contribution in [-0.4, -0.2) is 48.3 Å². The number of nitrogens with one attached hydrogen (secondary N) is 1. The van der Waals surface area contributed by atoms with E-state index < -0.39 is 6.04 Å². The van der Waals surface area contributed by atoms with Crippen molar-refractivity contribution in [2.24, 2.45) is 5.41 Å². The molecule has 25 heavy (non-hydrogen) atoms. The molecule has 1 saturated heterocycles. The summed E-state index contributed by atoms with van der Waals surface area (Å²) in [5.41, 5.74) is 0.843. The molecule has 5 heteroatoms. The van der Waals surface area contributed by atoms with Gasteiger partial charge in [0.1, 0.15) is 11.8 Å². The number of ether oxygens (including phenoxy) is 1. The number of rotatable bonds is 5. The number of carbonyl (C=O) groups excluding carboxylic acids is 1. The van der Waals surface area contributed by atoms with E-state index in [2.05, 4.69) is 19.2 Å². The largest absolute Gasteiger partial charge is 0.497 e. The lowest BCUT2D eigenvalue weighted by Gasteiger charge is -2.33. The molecular weight excluding hydrogens is 316 g/mol. The van der Waals surface area contributed by atoms with Gasteiger partial charge >= 0.3 is 0 Å². The molecule has 1 amide bonds. The van der Waals surface area contributed by atoms with Gasteiger partial charge in [0.25, 0.3) is 0 Å². The number of hydrogen-bond donors (Lipinski definition) is 2. The first-order chi connectivity index (χ1) is 11.7. The highest BCUT2D eigenvalue weighted by Crippen LogP contribution is 2.30. The number of aliphatic hydroxyl groups is 1. The predicted octanol–water partition coefficient (Wildman–Crippen LogP) is 2.74. The van der Waals surface area contributed by atoms with E-state index >= 15 is 0 Å². The monoisotopic (exact) mass is 348 g/mol. The topological polar surface area (TPSA) is 61.8 Å². The van der Waals surface area contributed by atoms with Crippen molar-refractivity contribution in [3.8, 4) is 5.75 Å². The number of aliphatic hydroxyl groups excluding tert-OH is 1. The normalized spacial score (nSPS) is 21.7. The van der Waals surface area contributed by atoms with Crippen LogP contribution in [0.15, 0.2) is 24.3 Å². The maximum atomic E-state index is 13.3. The van der Waals surface area contributed by atoms with Gasteiger partial charge in [0.2, 0.25) is 5.91 Å². The highest BCUT2D eigenvalue weighted by atomic mass is 16.5. The third kappa shape index (κ3) is 5.44. The van der Waals surface area contributed by atoms with Gasteiger partial charge in [0.05, 0.1) is 13.2 Å². The Morgan fingerprint density at radius 3 is 2.52 bits per heavy atom. The molecule has 0 radical (unpaired) electrons. The average molecular weight is 348 g/mol. The van der Waals surface area contributed by atoms with Gasteiger partial charge < -0.3 is 14.7 Å². The fourth-order valence-corrected chi connectivity index (χ4v) is 3.52. The van der Waals surface area contributed by atoms with Crippen molar-refractivity contribution >= 4 is 5.91 Å². The lowest BCUT2D eigenvalue weighted by Crippen LogP contribution is -2.45. The second-order valence-electron chi connectivity index (χ2n) is 8.10. The summed E-state index contributed by atoms with van der Waals surface area (Å²) in [6, 6.07) is 7.43. The predicted molar refractivity (Wildman–Crippen MR) is 99.6 cm³/mol. The van der Waals surface area contributed by atoms with Crippen molar-refractivity contribution in [1.29, 1.82) is 0 Å². The molecule has 140 valence electrons. The molecule has 1 aliphatic heterocycles. The Morgan fingerprint density at radius 1 is 1.32 bits per heavy atom. The zero-order valence-electron chi connectivity index (χ0n) is 16.1. The fourth-order valence-electron chi connectivity index (χ4n) is 3.52. The standard InChI is InChI=1S/C20H32N2O3/c1-14(2)21-18(15-6-8-17(25-5)9-7-15)19(24)22-11-10-16(23)12-20(3,4)13-22/h6-9,14,16,18,21,23H,10-13H2,1-5H3. The molecule has 1 heterocycles. The Hall–Kier alpha value is -1.59. The Balaban J connectivity index is 2.24. The van der Waals surface area contributed by atoms with Crippen LogP contribution in [0.1, 0.15) is 52.1 Å². The van der Waals surface area contributed by atoms with Crippen molar-refractivity contribution < 1.29 is 14.6 Å². The number of hydrogen-bond acceptors (Lipinski definition) is 4. The number of methoxy groups -OCH3 is 1. The van der Waals surface area contributed by atoms with Crippen LogP contribution in [0, 0.1) is 5.41 Å². The number of likely N-dealkylation sites (tertiary alicyclic amines) is 1. The molecule has 1 fully saturated rings. The van der Waals surface area contributed by atoms with E-state index in [1.807, 2.05) is 43.0 Å². The van der Waals surface area contributed by atoms with E-state index in [4.69, 9.17) is 4.74 Å². The Bertz CT molecular complexity index is 569. The van der Waals surface area contributed by atoms with Gasteiger partial charge in [-0.3, -0.25) is 10.1 Å². The second kappa shape index (κ2) is 8.19. The van der Waals surface area contributed by atoms with Crippen molar-refractivity contribution in [3.05, 3.63) is 29.8 Å². The van der Waals surface area contributed by atoms with Gasteiger partial charge in [-0.05, 0) is 49.8 Å². The van der Waals surface area contributed by atoms with Crippen LogP contribution < -0.4 is 10.1 Å². The van der Waals surface area contributed by atoms with Crippen LogP contribution in [0.4, 0.5) is 0 Å². The number of carbonyl (C=O) groups is 1. The smallest absolute Gasteiger partial charge is 0.244 e. The van der Waals surface area contributed by atoms with E-state index in [9.17, 15) is 9.90 Å². The molecule has 2 unspecified atom stereocenters. The van der Waals surface area contributed by atoms with Gasteiger partial charge in [-0.25, -0.2) is 0 Å². The summed E-state index contributed by atoms with van der Waals surface area (Å²) in [5, 5.41) is 13.5. The number of benzene rings is 1. The third-order valence-electron chi connectivity index (χ3n) is 4.65. The quantitative estimate of drug-likeness (QED) is 0.859. The molecule has 2 rings (SSSR count). The van der Waals surface area contributed by atoms with Crippen molar-refractivity contribution in [3.63, 3.8) is 0 Å². The van der Waals surface area contributed by atoms with Crippen LogP contribution in [0.3, 0.4) is 0 Å². The van der Waals surface area contributed by atoms with Crippen molar-refractivity contribution in [2.75, 3.05) is 20.2 Å². The minimum atomic E-state index is -0.392. The van der Waals surface area contributed by atoms with E-state index in [0.29, 0.717) is 19.5 Å². The van der Waals surface area contributed by atoms with Gasteiger partial charge in [0.15, 0.2) is 0 Å². The van der Waals surface area contributed by atoms with E-state index in [-0.39, 0.29) is 23.5 Å². The molecule has 0 bridgehead atoms. The first kappa shape index (κ1) is 19.7. The SMILES string of the molecule is COc1ccc(C(NC(C)C)C(=O)N2CCC(O)CC(C)(C)C2)cc1. The summed E-state index contributed by atoms with van der Waals surface area (Å²) in [6.07, 6.45) is 1.01. The van der Waals surface area contributed by atoms with Crippen LogP contribution in [0.5, 0.6) is 5.75 Å². The van der Waals surface area contributed by atoms with E-state index in [0.717, 1.165) is 17.7 Å². The molecule has 1 aromatic carbocycles. The molecule has 1 aliphatic rings. The average Bonchev–Trinajstić information content (AvgIpc) is 2.69. The van der Waals surface area contributed by atoms with Gasteiger partial charge in [0, 0.05) is 19.1 Å². The fraction of sp³-hybridized carbons (Fsp3) is 0.650. The molecular formula is C20H32N2O3. The maximum Gasteiger partial charge on any atom is 0.244 e. The van der Waals surface area contributed by atoms with Crippen LogP contribution >= 0.6 is 0 Å². The minimum absolute atomic E-state index is 0.0704. The van der Waals surface area contributed by atoms with Gasteiger partial charge in [-0.1, -0.05) is 26.0 Å².